The summed E-state index contributed by atoms with van der Waals surface area (Å²) in [5.74, 6) is 0. The van der Waals surface area contributed by atoms with Crippen LogP contribution in [0.4, 0.5) is 0 Å². The van der Waals surface area contributed by atoms with Crippen molar-refractivity contribution in [2.45, 2.75) is 13.1 Å². The van der Waals surface area contributed by atoms with Gasteiger partial charge < -0.3 is 17.7 Å². The second-order valence-electron chi connectivity index (χ2n) is 3.43. The lowest BCUT2D eigenvalue weighted by atomic mass is 11.7. The van der Waals surface area contributed by atoms with Crippen LogP contribution >= 0.6 is 0 Å². The van der Waals surface area contributed by atoms with Crippen LogP contribution in [0.2, 0.25) is 13.1 Å². The van der Waals surface area contributed by atoms with Crippen molar-refractivity contribution in [3.63, 3.8) is 0 Å². The second-order valence-corrected chi connectivity index (χ2v) is 10.3. The van der Waals surface area contributed by atoms with Crippen LogP contribution in [-0.2, 0) is 17.7 Å². The average molecular weight is 208 g/mol. The zero-order valence-electron chi connectivity index (χ0n) is 8.05. The first-order valence-corrected chi connectivity index (χ1v) is 8.96. The molecule has 0 aliphatic carbocycles. The van der Waals surface area contributed by atoms with Crippen molar-refractivity contribution in [1.82, 2.24) is 0 Å². The Hall–Kier alpha value is 0.274. The predicted molar refractivity (Wildman–Crippen MR) is 49.2 cm³/mol. The normalized spacial score (nSPS) is 27.0. The summed E-state index contributed by atoms with van der Waals surface area (Å²) in [6.07, 6.45) is 1.17. The van der Waals surface area contributed by atoms with Crippen LogP contribution < -0.4 is 0 Å². The van der Waals surface area contributed by atoms with Gasteiger partial charge >= 0.3 is 8.80 Å². The van der Waals surface area contributed by atoms with Crippen LogP contribution in [-0.4, -0.2) is 43.8 Å². The topological polar surface area (TPSA) is 36.9 Å². The highest BCUT2D eigenvalue weighted by Gasteiger charge is 2.47. The average Bonchev–Trinajstić information content (AvgIpc) is 2.06. The SMILES string of the molecule is CO[Si]1(OC)CO[Si](C)(C)CO1. The molecule has 0 atom stereocenters. The van der Waals surface area contributed by atoms with E-state index in [2.05, 4.69) is 13.1 Å². The minimum Gasteiger partial charge on any atom is -0.411 e. The molecule has 1 saturated heterocycles. The van der Waals surface area contributed by atoms with Crippen LogP contribution in [0.25, 0.3) is 0 Å². The van der Waals surface area contributed by atoms with Crippen LogP contribution in [0.3, 0.4) is 0 Å². The number of rotatable bonds is 2. The van der Waals surface area contributed by atoms with Crippen LogP contribution in [0, 0.1) is 0 Å². The predicted octanol–water partition coefficient (Wildman–Crippen LogP) is 0.548. The molecule has 72 valence electrons. The van der Waals surface area contributed by atoms with Crippen molar-refractivity contribution in [1.29, 1.82) is 0 Å². The molecule has 0 unspecified atom stereocenters. The highest BCUT2D eigenvalue weighted by molar-refractivity contribution is 6.75. The molecular formula is C6H16O4Si2. The molecule has 0 saturated carbocycles. The zero-order chi connectivity index (χ0) is 9.24. The molecule has 1 aliphatic rings. The van der Waals surface area contributed by atoms with Gasteiger partial charge in [-0.05, 0) is 13.1 Å². The molecular weight excluding hydrogens is 192 g/mol. The smallest absolute Gasteiger partial charge is 0.411 e. The van der Waals surface area contributed by atoms with Gasteiger partial charge in [0.15, 0.2) is 0 Å². The molecule has 1 aliphatic heterocycles. The van der Waals surface area contributed by atoms with Gasteiger partial charge in [0.1, 0.15) is 6.23 Å². The maximum atomic E-state index is 5.69. The molecule has 0 amide bonds. The Morgan fingerprint density at radius 1 is 1.00 bits per heavy atom. The van der Waals surface area contributed by atoms with E-state index in [0.29, 0.717) is 12.5 Å². The van der Waals surface area contributed by atoms with Gasteiger partial charge in [-0.25, -0.2) is 0 Å². The fourth-order valence-electron chi connectivity index (χ4n) is 0.970. The van der Waals surface area contributed by atoms with Crippen LogP contribution in [0.5, 0.6) is 0 Å². The van der Waals surface area contributed by atoms with Crippen molar-refractivity contribution in [2.24, 2.45) is 0 Å². The van der Waals surface area contributed by atoms with E-state index in [0.717, 1.165) is 0 Å². The minimum atomic E-state index is -2.41. The van der Waals surface area contributed by atoms with Gasteiger partial charge in [-0.3, -0.25) is 0 Å². The van der Waals surface area contributed by atoms with Gasteiger partial charge in [0, 0.05) is 14.2 Å². The third-order valence-electron chi connectivity index (χ3n) is 1.90. The first kappa shape index (κ1) is 10.4. The van der Waals surface area contributed by atoms with Crippen molar-refractivity contribution < 1.29 is 17.7 Å². The van der Waals surface area contributed by atoms with Gasteiger partial charge in [-0.15, -0.1) is 0 Å². The summed E-state index contributed by atoms with van der Waals surface area (Å²) in [6.45, 7) is 4.24. The standard InChI is InChI=1S/C6H16O4Si2/c1-7-12(8-2)6-9-11(3,4)5-10-12/h5-6H2,1-4H3. The Morgan fingerprint density at radius 3 is 1.92 bits per heavy atom. The van der Waals surface area contributed by atoms with Crippen molar-refractivity contribution in [2.75, 3.05) is 26.7 Å². The summed E-state index contributed by atoms with van der Waals surface area (Å²) in [5.41, 5.74) is 0. The van der Waals surface area contributed by atoms with Crippen LogP contribution in [0.1, 0.15) is 0 Å². The van der Waals surface area contributed by atoms with Gasteiger partial charge in [-0.1, -0.05) is 0 Å². The maximum absolute atomic E-state index is 5.69. The Morgan fingerprint density at radius 2 is 1.58 bits per heavy atom. The summed E-state index contributed by atoms with van der Waals surface area (Å²) < 4.78 is 21.7. The molecule has 0 radical (unpaired) electrons. The van der Waals surface area contributed by atoms with Gasteiger partial charge in [0.05, 0.1) is 6.23 Å². The Balaban J connectivity index is 2.53. The summed E-state index contributed by atoms with van der Waals surface area (Å²) in [5, 5.41) is 0. The monoisotopic (exact) mass is 208 g/mol. The Kier molecular flexibility index (Phi) is 3.08. The van der Waals surface area contributed by atoms with Gasteiger partial charge in [-0.2, -0.15) is 0 Å². The van der Waals surface area contributed by atoms with E-state index in [1.54, 1.807) is 14.2 Å². The summed E-state index contributed by atoms with van der Waals surface area (Å²) in [4.78, 5) is 0. The molecule has 0 spiro atoms. The molecule has 0 aromatic rings. The highest BCUT2D eigenvalue weighted by Crippen LogP contribution is 2.19. The van der Waals surface area contributed by atoms with E-state index in [4.69, 9.17) is 17.7 Å². The minimum absolute atomic E-state index is 0.499. The maximum Gasteiger partial charge on any atom is 0.526 e. The molecule has 4 nitrogen and oxygen atoms in total. The fraction of sp³-hybridized carbons (Fsp3) is 1.00. The van der Waals surface area contributed by atoms with E-state index >= 15 is 0 Å². The van der Waals surface area contributed by atoms with E-state index in [9.17, 15) is 0 Å². The summed E-state index contributed by atoms with van der Waals surface area (Å²) in [7, 11) is -0.746. The second kappa shape index (κ2) is 3.56. The lowest BCUT2D eigenvalue weighted by molar-refractivity contribution is 0.0661. The number of hydrogen-bond acceptors (Lipinski definition) is 4. The molecule has 0 bridgehead atoms. The summed E-state index contributed by atoms with van der Waals surface area (Å²) >= 11 is 0. The number of hydrogen-bond donors (Lipinski definition) is 0. The molecule has 1 heterocycles. The molecule has 0 aromatic heterocycles. The van der Waals surface area contributed by atoms with E-state index in [-0.39, 0.29) is 0 Å². The van der Waals surface area contributed by atoms with Crippen molar-refractivity contribution in [3.05, 3.63) is 0 Å². The van der Waals surface area contributed by atoms with Crippen LogP contribution in [0.15, 0.2) is 0 Å². The van der Waals surface area contributed by atoms with Crippen molar-refractivity contribution >= 4 is 17.1 Å². The molecule has 0 N–H and O–H groups in total. The molecule has 1 rings (SSSR count). The highest BCUT2D eigenvalue weighted by atomic mass is 28.4. The van der Waals surface area contributed by atoms with Gasteiger partial charge in [0.2, 0.25) is 8.32 Å². The lowest BCUT2D eigenvalue weighted by Crippen LogP contribution is -2.60. The molecule has 12 heavy (non-hydrogen) atoms. The molecule has 1 fully saturated rings. The van der Waals surface area contributed by atoms with Gasteiger partial charge in [0.25, 0.3) is 0 Å². The van der Waals surface area contributed by atoms with E-state index in [1.807, 2.05) is 0 Å². The Labute approximate surface area is 75.3 Å². The largest absolute Gasteiger partial charge is 0.526 e. The Bertz CT molecular complexity index is 146. The lowest BCUT2D eigenvalue weighted by Gasteiger charge is -2.37. The fourth-order valence-corrected chi connectivity index (χ4v) is 6.31. The van der Waals surface area contributed by atoms with Crippen molar-refractivity contribution in [3.8, 4) is 0 Å². The summed E-state index contributed by atoms with van der Waals surface area (Å²) in [6, 6.07) is 0. The quantitative estimate of drug-likeness (QED) is 0.621. The third kappa shape index (κ3) is 2.15. The molecule has 0 aromatic carbocycles. The zero-order valence-corrected chi connectivity index (χ0v) is 10.0. The first-order valence-electron chi connectivity index (χ1n) is 3.92. The first-order chi connectivity index (χ1) is 5.54. The van der Waals surface area contributed by atoms with E-state index < -0.39 is 17.1 Å². The molecule has 6 heteroatoms. The van der Waals surface area contributed by atoms with E-state index in [1.165, 1.54) is 0 Å². The third-order valence-corrected chi connectivity index (χ3v) is 6.57.